The van der Waals surface area contributed by atoms with Crippen molar-refractivity contribution in [3.8, 4) is 17.6 Å². The summed E-state index contributed by atoms with van der Waals surface area (Å²) in [5.41, 5.74) is 2.32. The van der Waals surface area contributed by atoms with E-state index in [2.05, 4.69) is 22.0 Å². The second-order valence-electron chi connectivity index (χ2n) is 7.67. The molecule has 0 saturated carbocycles. The third-order valence-electron chi connectivity index (χ3n) is 5.35. The van der Waals surface area contributed by atoms with E-state index < -0.39 is 11.1 Å². The number of ketones is 1. The van der Waals surface area contributed by atoms with E-state index in [0.717, 1.165) is 26.7 Å². The Bertz CT molecular complexity index is 1410. The predicted octanol–water partition coefficient (Wildman–Crippen LogP) is 5.83. The Morgan fingerprint density at radius 3 is 2.56 bits per heavy atom. The number of benzene rings is 3. The van der Waals surface area contributed by atoms with E-state index in [1.165, 1.54) is 7.11 Å². The van der Waals surface area contributed by atoms with Crippen molar-refractivity contribution in [2.24, 2.45) is 0 Å². The Hall–Kier alpha value is -3.87. The monoisotopic (exact) mass is 562 g/mol. The van der Waals surface area contributed by atoms with Gasteiger partial charge in [-0.1, -0.05) is 52.3 Å². The molecule has 0 radical (unpaired) electrons. The number of Topliss-reactive ketones (excluding diaryl/α,β-unsaturated/α-hetero) is 1. The number of carbonyl (C=O) groups excluding carboxylic acids is 3. The summed E-state index contributed by atoms with van der Waals surface area (Å²) in [4.78, 5) is 39.0. The summed E-state index contributed by atoms with van der Waals surface area (Å²) < 4.78 is 12.1. The Kier molecular flexibility index (Phi) is 7.88. The lowest BCUT2D eigenvalue weighted by atomic mass is 10.1. The van der Waals surface area contributed by atoms with Gasteiger partial charge in [0.2, 0.25) is 0 Å². The van der Waals surface area contributed by atoms with Crippen LogP contribution in [0, 0.1) is 11.3 Å². The van der Waals surface area contributed by atoms with E-state index in [9.17, 15) is 19.6 Å². The number of hydrogen-bond acceptors (Lipinski definition) is 7. The van der Waals surface area contributed by atoms with Crippen molar-refractivity contribution in [1.29, 1.82) is 5.26 Å². The number of amides is 2. The highest BCUT2D eigenvalue weighted by Crippen LogP contribution is 2.35. The van der Waals surface area contributed by atoms with Crippen molar-refractivity contribution >= 4 is 50.7 Å². The largest absolute Gasteiger partial charge is 0.493 e. The highest BCUT2D eigenvalue weighted by molar-refractivity contribution is 9.10. The van der Waals surface area contributed by atoms with Crippen LogP contribution in [0.2, 0.25) is 0 Å². The van der Waals surface area contributed by atoms with Crippen LogP contribution >= 0.6 is 27.7 Å². The number of hydrogen-bond donors (Lipinski definition) is 0. The lowest BCUT2D eigenvalue weighted by Gasteiger charge is -2.12. The molecule has 1 aliphatic heterocycles. The fourth-order valence-corrected chi connectivity index (χ4v) is 4.56. The van der Waals surface area contributed by atoms with Crippen molar-refractivity contribution < 1.29 is 23.9 Å². The number of carbonyl (C=O) groups is 3. The van der Waals surface area contributed by atoms with Crippen molar-refractivity contribution in [3.63, 3.8) is 0 Å². The minimum Gasteiger partial charge on any atom is -0.493 e. The van der Waals surface area contributed by atoms with Crippen LogP contribution in [0.15, 0.2) is 76.1 Å². The third-order valence-corrected chi connectivity index (χ3v) is 6.78. The number of methoxy groups -OCH3 is 1. The Balaban J connectivity index is 1.47. The molecule has 0 unspecified atom stereocenters. The van der Waals surface area contributed by atoms with Gasteiger partial charge in [0.15, 0.2) is 17.3 Å². The van der Waals surface area contributed by atoms with Gasteiger partial charge in [0, 0.05) is 15.6 Å². The Labute approximate surface area is 220 Å². The highest BCUT2D eigenvalue weighted by Gasteiger charge is 2.36. The molecule has 36 heavy (non-hydrogen) atoms. The summed E-state index contributed by atoms with van der Waals surface area (Å²) in [5.74, 6) is 0.0495. The topological polar surface area (TPSA) is 96.7 Å². The summed E-state index contributed by atoms with van der Waals surface area (Å²) in [6.45, 7) is -0.144. The van der Waals surface area contributed by atoms with Gasteiger partial charge < -0.3 is 9.47 Å². The summed E-state index contributed by atoms with van der Waals surface area (Å²) >= 11 is 4.09. The lowest BCUT2D eigenvalue weighted by Crippen LogP contribution is -2.33. The quantitative estimate of drug-likeness (QED) is 0.251. The Morgan fingerprint density at radius 1 is 1.08 bits per heavy atom. The molecule has 0 aliphatic carbocycles. The van der Waals surface area contributed by atoms with E-state index in [-0.39, 0.29) is 23.8 Å². The molecule has 0 bridgehead atoms. The van der Waals surface area contributed by atoms with E-state index in [4.69, 9.17) is 9.47 Å². The first kappa shape index (κ1) is 25.2. The van der Waals surface area contributed by atoms with Gasteiger partial charge >= 0.3 is 0 Å². The van der Waals surface area contributed by atoms with Gasteiger partial charge in [0.1, 0.15) is 6.61 Å². The first-order chi connectivity index (χ1) is 17.4. The average Bonchev–Trinajstić information content (AvgIpc) is 3.15. The van der Waals surface area contributed by atoms with Crippen LogP contribution < -0.4 is 9.47 Å². The zero-order valence-electron chi connectivity index (χ0n) is 19.1. The lowest BCUT2D eigenvalue weighted by molar-refractivity contribution is -0.122. The van der Waals surface area contributed by atoms with E-state index in [0.29, 0.717) is 28.2 Å². The molecule has 9 heteroatoms. The zero-order valence-corrected chi connectivity index (χ0v) is 21.5. The summed E-state index contributed by atoms with van der Waals surface area (Å²) in [6.07, 6.45) is 1.58. The van der Waals surface area contributed by atoms with Gasteiger partial charge in [0.05, 0.1) is 30.2 Å². The molecule has 0 atom stereocenters. The maximum atomic E-state index is 12.9. The van der Waals surface area contributed by atoms with Gasteiger partial charge in [-0.05, 0) is 53.7 Å². The fraction of sp³-hybridized carbons (Fsp3) is 0.111. The van der Waals surface area contributed by atoms with E-state index >= 15 is 0 Å². The molecule has 0 aromatic heterocycles. The minimum absolute atomic E-state index is 0.185. The van der Waals surface area contributed by atoms with Gasteiger partial charge in [-0.3, -0.25) is 19.3 Å². The third kappa shape index (κ3) is 5.67. The molecule has 1 fully saturated rings. The van der Waals surface area contributed by atoms with Crippen LogP contribution in [0.25, 0.3) is 6.08 Å². The molecule has 1 aliphatic rings. The molecule has 3 aromatic rings. The molecular formula is C27H19BrN2O5S. The molecule has 180 valence electrons. The summed E-state index contributed by atoms with van der Waals surface area (Å²) in [5, 5.41) is 8.75. The maximum Gasteiger partial charge on any atom is 0.293 e. The summed E-state index contributed by atoms with van der Waals surface area (Å²) in [6, 6.07) is 21.1. The van der Waals surface area contributed by atoms with Crippen LogP contribution in [0.3, 0.4) is 0 Å². The number of rotatable bonds is 8. The molecule has 7 nitrogen and oxygen atoms in total. The van der Waals surface area contributed by atoms with E-state index in [1.807, 2.05) is 12.1 Å². The van der Waals surface area contributed by atoms with Crippen LogP contribution in [0.4, 0.5) is 4.79 Å². The fourth-order valence-electron chi connectivity index (χ4n) is 3.46. The normalized spacial score (nSPS) is 14.1. The molecule has 0 spiro atoms. The van der Waals surface area contributed by atoms with Gasteiger partial charge in [-0.15, -0.1) is 0 Å². The van der Waals surface area contributed by atoms with Crippen LogP contribution in [0.1, 0.15) is 27.0 Å². The van der Waals surface area contributed by atoms with Crippen LogP contribution in [-0.4, -0.2) is 35.5 Å². The average molecular weight is 563 g/mol. The Morgan fingerprint density at radius 2 is 1.83 bits per heavy atom. The number of thioether (sulfide) groups is 1. The molecule has 0 N–H and O–H groups in total. The van der Waals surface area contributed by atoms with Crippen molar-refractivity contribution in [1.82, 2.24) is 4.90 Å². The highest BCUT2D eigenvalue weighted by atomic mass is 79.9. The first-order valence-corrected chi connectivity index (χ1v) is 12.3. The van der Waals surface area contributed by atoms with Crippen molar-refractivity contribution in [2.45, 2.75) is 6.61 Å². The van der Waals surface area contributed by atoms with Gasteiger partial charge in [-0.2, -0.15) is 5.26 Å². The summed E-state index contributed by atoms with van der Waals surface area (Å²) in [7, 11) is 1.50. The standard InChI is InChI=1S/C27H19BrN2O5S/c1-34-24-12-17(6-11-23(24)35-16-20-5-3-2-4-19(20)14-29)13-25-26(32)30(27(33)36-25)15-22(31)18-7-9-21(28)10-8-18/h2-13H,15-16H2,1H3/b25-13-. The van der Waals surface area contributed by atoms with Crippen molar-refractivity contribution in [2.75, 3.05) is 13.7 Å². The smallest absolute Gasteiger partial charge is 0.293 e. The molecule has 1 saturated heterocycles. The number of halogens is 1. The van der Waals surface area contributed by atoms with Crippen LogP contribution in [0.5, 0.6) is 11.5 Å². The van der Waals surface area contributed by atoms with Gasteiger partial charge in [-0.25, -0.2) is 0 Å². The SMILES string of the molecule is COc1cc(/C=C2\SC(=O)N(CC(=O)c3ccc(Br)cc3)C2=O)ccc1OCc1ccccc1C#N. The molecule has 3 aromatic carbocycles. The number of nitrogens with zero attached hydrogens (tertiary/aromatic N) is 2. The zero-order chi connectivity index (χ0) is 25.7. The number of nitriles is 1. The number of imide groups is 1. The first-order valence-electron chi connectivity index (χ1n) is 10.7. The molecule has 1 heterocycles. The molecule has 2 amide bonds. The maximum absolute atomic E-state index is 12.9. The molecule has 4 rings (SSSR count). The van der Waals surface area contributed by atoms with Crippen molar-refractivity contribution in [3.05, 3.63) is 98.4 Å². The van der Waals surface area contributed by atoms with Crippen LogP contribution in [-0.2, 0) is 11.4 Å². The van der Waals surface area contributed by atoms with E-state index in [1.54, 1.807) is 60.7 Å². The second-order valence-corrected chi connectivity index (χ2v) is 9.57. The predicted molar refractivity (Wildman–Crippen MR) is 140 cm³/mol. The second kappa shape index (κ2) is 11.2. The number of ether oxygens (including phenoxy) is 2. The molecular weight excluding hydrogens is 544 g/mol. The minimum atomic E-state index is -0.525. The van der Waals surface area contributed by atoms with Gasteiger partial charge in [0.25, 0.3) is 11.1 Å².